The minimum absolute atomic E-state index is 0.0654. The molecule has 4 nitrogen and oxygen atoms in total. The van der Waals surface area contributed by atoms with Crippen LogP contribution in [0.2, 0.25) is 10.0 Å². The van der Waals surface area contributed by atoms with Gasteiger partial charge in [-0.05, 0) is 65.8 Å². The van der Waals surface area contributed by atoms with Crippen molar-refractivity contribution in [3.8, 4) is 0 Å². The van der Waals surface area contributed by atoms with E-state index >= 15 is 0 Å². The summed E-state index contributed by atoms with van der Waals surface area (Å²) in [4.78, 5) is 26.3. The number of benzene rings is 4. The van der Waals surface area contributed by atoms with Gasteiger partial charge in [-0.2, -0.15) is 0 Å². The van der Waals surface area contributed by atoms with Crippen LogP contribution in [0, 0.1) is 0 Å². The van der Waals surface area contributed by atoms with Gasteiger partial charge in [0.25, 0.3) is 11.8 Å². The summed E-state index contributed by atoms with van der Waals surface area (Å²) in [6, 6.07) is 31.1. The molecule has 8 heteroatoms. The SMILES string of the molecule is CCSc1c(Cl)cccc1C(=O)NCCc1ccccc1.CCSc1ccc(C(=O)NCCc2ccccc2)cc1Cl. The van der Waals surface area contributed by atoms with E-state index in [9.17, 15) is 9.59 Å². The molecule has 42 heavy (non-hydrogen) atoms. The lowest BCUT2D eigenvalue weighted by Crippen LogP contribution is -2.26. The van der Waals surface area contributed by atoms with Crippen molar-refractivity contribution in [2.24, 2.45) is 0 Å². The fourth-order valence-electron chi connectivity index (χ4n) is 4.02. The molecule has 4 aromatic rings. The van der Waals surface area contributed by atoms with Crippen LogP contribution in [0.3, 0.4) is 0 Å². The third kappa shape index (κ3) is 11.1. The number of carbonyl (C=O) groups excluding carboxylic acids is 2. The number of carbonyl (C=O) groups is 2. The molecule has 0 atom stereocenters. The predicted molar refractivity (Wildman–Crippen MR) is 181 cm³/mol. The Balaban J connectivity index is 0.000000230. The molecule has 0 saturated carbocycles. The van der Waals surface area contributed by atoms with Gasteiger partial charge in [-0.3, -0.25) is 9.59 Å². The van der Waals surface area contributed by atoms with Crippen LogP contribution in [0.4, 0.5) is 0 Å². The molecule has 2 amide bonds. The molecule has 0 fully saturated rings. The Kier molecular flexibility index (Phi) is 14.9. The molecule has 0 aliphatic rings. The summed E-state index contributed by atoms with van der Waals surface area (Å²) in [6.45, 7) is 5.35. The summed E-state index contributed by atoms with van der Waals surface area (Å²) in [5.74, 6) is 1.70. The molecule has 0 aromatic heterocycles. The Bertz CT molecular complexity index is 1420. The maximum absolute atomic E-state index is 12.3. The largest absolute Gasteiger partial charge is 0.352 e. The Labute approximate surface area is 268 Å². The van der Waals surface area contributed by atoms with Crippen LogP contribution < -0.4 is 10.6 Å². The van der Waals surface area contributed by atoms with Crippen LogP contribution in [-0.4, -0.2) is 36.4 Å². The fourth-order valence-corrected chi connectivity index (χ4v) is 6.19. The van der Waals surface area contributed by atoms with E-state index in [1.54, 1.807) is 29.6 Å². The Morgan fingerprint density at radius 2 is 1.21 bits per heavy atom. The van der Waals surface area contributed by atoms with E-state index in [1.807, 2.05) is 73.7 Å². The van der Waals surface area contributed by atoms with Gasteiger partial charge in [-0.25, -0.2) is 0 Å². The summed E-state index contributed by atoms with van der Waals surface area (Å²) in [5, 5.41) is 7.16. The summed E-state index contributed by atoms with van der Waals surface area (Å²) < 4.78 is 0. The highest BCUT2D eigenvalue weighted by Gasteiger charge is 2.14. The molecule has 0 aliphatic carbocycles. The van der Waals surface area contributed by atoms with Crippen molar-refractivity contribution in [2.75, 3.05) is 24.6 Å². The van der Waals surface area contributed by atoms with Crippen LogP contribution in [0.1, 0.15) is 45.7 Å². The predicted octanol–water partition coefficient (Wildman–Crippen LogP) is 8.85. The van der Waals surface area contributed by atoms with E-state index in [0.717, 1.165) is 34.1 Å². The monoisotopic (exact) mass is 638 g/mol. The number of rotatable bonds is 12. The second-order valence-corrected chi connectivity index (χ2v) is 12.5. The fraction of sp³-hybridized carbons (Fsp3) is 0.235. The van der Waals surface area contributed by atoms with Gasteiger partial charge in [0.05, 0.1) is 15.6 Å². The first-order valence-corrected chi connectivity index (χ1v) is 16.6. The topological polar surface area (TPSA) is 58.2 Å². The van der Waals surface area contributed by atoms with Gasteiger partial charge in [0.2, 0.25) is 0 Å². The maximum Gasteiger partial charge on any atom is 0.252 e. The lowest BCUT2D eigenvalue weighted by Gasteiger charge is -2.11. The van der Waals surface area contributed by atoms with Crippen molar-refractivity contribution in [1.82, 2.24) is 10.6 Å². The molecule has 4 aromatic carbocycles. The van der Waals surface area contributed by atoms with Gasteiger partial charge >= 0.3 is 0 Å². The number of amides is 2. The van der Waals surface area contributed by atoms with Crippen molar-refractivity contribution < 1.29 is 9.59 Å². The van der Waals surface area contributed by atoms with Crippen LogP contribution in [0.25, 0.3) is 0 Å². The lowest BCUT2D eigenvalue weighted by molar-refractivity contribution is 0.0944. The van der Waals surface area contributed by atoms with Crippen molar-refractivity contribution >= 4 is 58.5 Å². The van der Waals surface area contributed by atoms with Crippen LogP contribution in [0.5, 0.6) is 0 Å². The van der Waals surface area contributed by atoms with Crippen molar-refractivity contribution in [3.63, 3.8) is 0 Å². The van der Waals surface area contributed by atoms with Crippen molar-refractivity contribution in [3.05, 3.63) is 129 Å². The molecule has 0 saturated heterocycles. The molecular weight excluding hydrogens is 603 g/mol. The van der Waals surface area contributed by atoms with Gasteiger partial charge in [-0.1, -0.05) is 104 Å². The molecule has 220 valence electrons. The number of hydrogen-bond acceptors (Lipinski definition) is 4. The van der Waals surface area contributed by atoms with E-state index in [1.165, 1.54) is 11.1 Å². The van der Waals surface area contributed by atoms with Crippen molar-refractivity contribution in [2.45, 2.75) is 36.5 Å². The lowest BCUT2D eigenvalue weighted by atomic mass is 10.1. The summed E-state index contributed by atoms with van der Waals surface area (Å²) in [6.07, 6.45) is 1.65. The zero-order valence-electron chi connectivity index (χ0n) is 23.9. The van der Waals surface area contributed by atoms with Crippen LogP contribution in [0.15, 0.2) is 107 Å². The third-order valence-electron chi connectivity index (χ3n) is 6.08. The van der Waals surface area contributed by atoms with Crippen molar-refractivity contribution in [1.29, 1.82) is 0 Å². The molecule has 0 bridgehead atoms. The molecule has 0 unspecified atom stereocenters. The molecule has 0 heterocycles. The second-order valence-electron chi connectivity index (χ2n) is 9.11. The average Bonchev–Trinajstić information content (AvgIpc) is 3.00. The summed E-state index contributed by atoms with van der Waals surface area (Å²) in [7, 11) is 0. The van der Waals surface area contributed by atoms with E-state index in [2.05, 4.69) is 41.8 Å². The highest BCUT2D eigenvalue weighted by Crippen LogP contribution is 2.30. The molecule has 4 rings (SSSR count). The van der Waals surface area contributed by atoms with E-state index in [4.69, 9.17) is 23.2 Å². The first-order valence-electron chi connectivity index (χ1n) is 13.9. The normalized spacial score (nSPS) is 10.4. The number of halogens is 2. The third-order valence-corrected chi connectivity index (χ3v) is 8.90. The minimum Gasteiger partial charge on any atom is -0.352 e. The highest BCUT2D eigenvalue weighted by molar-refractivity contribution is 7.99. The van der Waals surface area contributed by atoms with Crippen LogP contribution in [-0.2, 0) is 12.8 Å². The average molecular weight is 640 g/mol. The number of thioether (sulfide) groups is 2. The van der Waals surface area contributed by atoms with Gasteiger partial charge in [-0.15, -0.1) is 23.5 Å². The molecule has 2 N–H and O–H groups in total. The first-order chi connectivity index (χ1) is 20.4. The molecule has 0 radical (unpaired) electrons. The maximum atomic E-state index is 12.3. The summed E-state index contributed by atoms with van der Waals surface area (Å²) >= 11 is 15.6. The van der Waals surface area contributed by atoms with Crippen LogP contribution >= 0.6 is 46.7 Å². The zero-order chi connectivity index (χ0) is 30.2. The van der Waals surface area contributed by atoms with Gasteiger partial charge < -0.3 is 10.6 Å². The zero-order valence-corrected chi connectivity index (χ0v) is 27.0. The number of hydrogen-bond donors (Lipinski definition) is 2. The standard InChI is InChI=1S/2C17H18ClNOS/c1-2-21-16-14(9-6-10-15(16)18)17(20)19-12-11-13-7-4-3-5-8-13;1-2-21-16-9-8-14(12-15(16)18)17(20)19-11-10-13-6-4-3-5-7-13/h3-10H,2,11-12H2,1H3,(H,19,20);3-9,12H,2,10-11H2,1H3,(H,19,20). The highest BCUT2D eigenvalue weighted by atomic mass is 35.5. The first kappa shape index (κ1) is 33.6. The number of nitrogens with one attached hydrogen (secondary N) is 2. The second kappa shape index (κ2) is 18.6. The summed E-state index contributed by atoms with van der Waals surface area (Å²) in [5.41, 5.74) is 3.69. The molecule has 0 spiro atoms. The Hall–Kier alpha value is -2.90. The quantitative estimate of drug-likeness (QED) is 0.152. The van der Waals surface area contributed by atoms with Gasteiger partial charge in [0.15, 0.2) is 0 Å². The Morgan fingerprint density at radius 1 is 0.643 bits per heavy atom. The molecule has 0 aliphatic heterocycles. The van der Waals surface area contributed by atoms with E-state index in [0.29, 0.717) is 34.3 Å². The Morgan fingerprint density at radius 3 is 1.76 bits per heavy atom. The van der Waals surface area contributed by atoms with E-state index in [-0.39, 0.29) is 11.8 Å². The van der Waals surface area contributed by atoms with Gasteiger partial charge in [0, 0.05) is 28.4 Å². The van der Waals surface area contributed by atoms with E-state index < -0.39 is 0 Å². The van der Waals surface area contributed by atoms with Gasteiger partial charge in [0.1, 0.15) is 0 Å². The molecular formula is C34H36Cl2N2O2S2. The minimum atomic E-state index is -0.0825. The smallest absolute Gasteiger partial charge is 0.252 e.